The predicted octanol–water partition coefficient (Wildman–Crippen LogP) is -1.49. The van der Waals surface area contributed by atoms with Crippen LogP contribution in [0.15, 0.2) is 6.33 Å². The van der Waals surface area contributed by atoms with Crippen LogP contribution in [0.5, 0.6) is 0 Å². The molecule has 0 bridgehead atoms. The van der Waals surface area contributed by atoms with E-state index < -0.39 is 17.9 Å². The Hall–Kier alpha value is -1.96. The third kappa shape index (κ3) is 2.33. The zero-order valence-electron chi connectivity index (χ0n) is 10.1. The largest absolute Gasteiger partial charge is 0.464 e. The molecule has 0 fully saturated rings. The molecule has 1 amide bonds. The molecule has 1 aliphatic heterocycles. The highest BCUT2D eigenvalue weighted by Crippen LogP contribution is 2.10. The summed E-state index contributed by atoms with van der Waals surface area (Å²) in [4.78, 5) is 24.9. The average Bonchev–Trinajstić information content (AvgIpc) is 2.84. The van der Waals surface area contributed by atoms with Crippen LogP contribution in [0.3, 0.4) is 0 Å². The van der Waals surface area contributed by atoms with Crippen molar-refractivity contribution < 1.29 is 14.3 Å². The van der Waals surface area contributed by atoms with Gasteiger partial charge in [-0.25, -0.2) is 4.79 Å². The van der Waals surface area contributed by atoms with E-state index in [-0.39, 0.29) is 6.61 Å². The number of hydrogen-bond acceptors (Lipinski definition) is 6. The van der Waals surface area contributed by atoms with E-state index in [2.05, 4.69) is 10.2 Å². The molecular weight excluding hydrogens is 238 g/mol. The summed E-state index contributed by atoms with van der Waals surface area (Å²) in [5, 5.41) is 7.65. The van der Waals surface area contributed by atoms with Crippen molar-refractivity contribution in [2.24, 2.45) is 5.73 Å². The fraction of sp³-hybridized carbons (Fsp3) is 0.600. The van der Waals surface area contributed by atoms with E-state index in [4.69, 9.17) is 10.5 Å². The third-order valence-corrected chi connectivity index (χ3v) is 2.76. The van der Waals surface area contributed by atoms with Crippen molar-refractivity contribution in [1.29, 1.82) is 0 Å². The minimum Gasteiger partial charge on any atom is -0.464 e. The second-order valence-electron chi connectivity index (χ2n) is 3.93. The standard InChI is InChI=1S/C10H15N5O3/c1-2-18-10(17)8(11)9(16)14-3-4-15-6-12-13-7(15)5-14/h6,8H,2-5,11H2,1H3. The minimum absolute atomic E-state index is 0.203. The average molecular weight is 253 g/mol. The number of carbonyl (C=O) groups excluding carboxylic acids is 2. The van der Waals surface area contributed by atoms with E-state index in [0.29, 0.717) is 25.5 Å². The number of hydrogen-bond donors (Lipinski definition) is 1. The normalized spacial score (nSPS) is 16.0. The zero-order valence-corrected chi connectivity index (χ0v) is 10.1. The van der Waals surface area contributed by atoms with E-state index in [1.165, 1.54) is 4.90 Å². The molecule has 1 atom stereocenters. The third-order valence-electron chi connectivity index (χ3n) is 2.76. The van der Waals surface area contributed by atoms with Crippen LogP contribution in [-0.2, 0) is 27.4 Å². The molecule has 0 spiro atoms. The fourth-order valence-electron chi connectivity index (χ4n) is 1.78. The van der Waals surface area contributed by atoms with Gasteiger partial charge >= 0.3 is 5.97 Å². The smallest absolute Gasteiger partial charge is 0.332 e. The highest BCUT2D eigenvalue weighted by molar-refractivity contribution is 6.01. The summed E-state index contributed by atoms with van der Waals surface area (Å²) < 4.78 is 6.59. The lowest BCUT2D eigenvalue weighted by Crippen LogP contribution is -2.50. The zero-order chi connectivity index (χ0) is 13.1. The molecule has 0 saturated carbocycles. The Bertz CT molecular complexity index is 458. The Kier molecular flexibility index (Phi) is 3.56. The van der Waals surface area contributed by atoms with Gasteiger partial charge in [-0.1, -0.05) is 0 Å². The van der Waals surface area contributed by atoms with Gasteiger partial charge in [0, 0.05) is 13.1 Å². The number of fused-ring (bicyclic) bond motifs is 1. The van der Waals surface area contributed by atoms with Crippen molar-refractivity contribution >= 4 is 11.9 Å². The Morgan fingerprint density at radius 3 is 3.06 bits per heavy atom. The second-order valence-corrected chi connectivity index (χ2v) is 3.93. The van der Waals surface area contributed by atoms with Crippen molar-refractivity contribution in [1.82, 2.24) is 19.7 Å². The Labute approximate surface area is 104 Å². The number of nitrogens with two attached hydrogens (primary N) is 1. The molecule has 0 aliphatic carbocycles. The van der Waals surface area contributed by atoms with E-state index in [1.54, 1.807) is 13.3 Å². The van der Waals surface area contributed by atoms with Crippen LogP contribution in [0, 0.1) is 0 Å². The molecule has 1 unspecified atom stereocenters. The SMILES string of the molecule is CCOC(=O)C(N)C(=O)N1CCn2cnnc2C1. The van der Waals surface area contributed by atoms with Gasteiger partial charge in [0.2, 0.25) is 0 Å². The van der Waals surface area contributed by atoms with Crippen molar-refractivity contribution in [3.8, 4) is 0 Å². The van der Waals surface area contributed by atoms with Gasteiger partial charge in [-0.2, -0.15) is 0 Å². The molecular formula is C10H15N5O3. The molecule has 0 aromatic carbocycles. The maximum absolute atomic E-state index is 12.0. The van der Waals surface area contributed by atoms with Crippen LogP contribution in [0.2, 0.25) is 0 Å². The summed E-state index contributed by atoms with van der Waals surface area (Å²) in [6.07, 6.45) is 1.61. The van der Waals surface area contributed by atoms with E-state index in [9.17, 15) is 9.59 Å². The maximum atomic E-state index is 12.0. The van der Waals surface area contributed by atoms with Gasteiger partial charge in [0.25, 0.3) is 5.91 Å². The molecule has 98 valence electrons. The number of rotatable bonds is 3. The second kappa shape index (κ2) is 5.13. The predicted molar refractivity (Wildman–Crippen MR) is 60.0 cm³/mol. The molecule has 2 N–H and O–H groups in total. The molecule has 0 saturated heterocycles. The van der Waals surface area contributed by atoms with E-state index in [1.807, 2.05) is 4.57 Å². The van der Waals surface area contributed by atoms with E-state index in [0.717, 1.165) is 0 Å². The summed E-state index contributed by atoms with van der Waals surface area (Å²) in [5.41, 5.74) is 5.56. The fourth-order valence-corrected chi connectivity index (χ4v) is 1.78. The minimum atomic E-state index is -1.26. The van der Waals surface area contributed by atoms with Crippen LogP contribution in [0.25, 0.3) is 0 Å². The molecule has 8 nitrogen and oxygen atoms in total. The van der Waals surface area contributed by atoms with Gasteiger partial charge in [0.15, 0.2) is 11.9 Å². The van der Waals surface area contributed by atoms with Crippen LogP contribution in [0.1, 0.15) is 12.7 Å². The molecule has 2 heterocycles. The Morgan fingerprint density at radius 1 is 1.56 bits per heavy atom. The van der Waals surface area contributed by atoms with Gasteiger partial charge in [0.05, 0.1) is 13.2 Å². The van der Waals surface area contributed by atoms with Crippen molar-refractivity contribution in [2.75, 3.05) is 13.2 Å². The summed E-state index contributed by atoms with van der Waals surface area (Å²) in [6.45, 7) is 3.26. The number of ether oxygens (including phenoxy) is 1. The van der Waals surface area contributed by atoms with Gasteiger partial charge in [0.1, 0.15) is 6.33 Å². The van der Waals surface area contributed by atoms with Crippen molar-refractivity contribution in [3.63, 3.8) is 0 Å². The highest BCUT2D eigenvalue weighted by Gasteiger charge is 2.30. The summed E-state index contributed by atoms with van der Waals surface area (Å²) in [6, 6.07) is -1.26. The number of aromatic nitrogens is 3. The topological polar surface area (TPSA) is 103 Å². The summed E-state index contributed by atoms with van der Waals surface area (Å²) in [7, 11) is 0. The Balaban J connectivity index is 2.01. The Morgan fingerprint density at radius 2 is 2.33 bits per heavy atom. The van der Waals surface area contributed by atoms with Gasteiger partial charge in [-0.05, 0) is 6.92 Å². The molecule has 8 heteroatoms. The molecule has 18 heavy (non-hydrogen) atoms. The number of amides is 1. The van der Waals surface area contributed by atoms with Crippen LogP contribution in [0.4, 0.5) is 0 Å². The summed E-state index contributed by atoms with van der Waals surface area (Å²) >= 11 is 0. The highest BCUT2D eigenvalue weighted by atomic mass is 16.5. The quantitative estimate of drug-likeness (QED) is 0.520. The van der Waals surface area contributed by atoms with Crippen LogP contribution < -0.4 is 5.73 Å². The molecule has 2 rings (SSSR count). The van der Waals surface area contributed by atoms with Gasteiger partial charge < -0.3 is 19.9 Å². The first-order valence-corrected chi connectivity index (χ1v) is 5.71. The van der Waals surface area contributed by atoms with Gasteiger partial charge in [-0.15, -0.1) is 10.2 Å². The molecule has 0 radical (unpaired) electrons. The van der Waals surface area contributed by atoms with Gasteiger partial charge in [-0.3, -0.25) is 4.79 Å². The molecule has 1 aromatic rings. The van der Waals surface area contributed by atoms with Crippen molar-refractivity contribution in [2.45, 2.75) is 26.1 Å². The number of carbonyl (C=O) groups is 2. The lowest BCUT2D eigenvalue weighted by Gasteiger charge is -2.28. The summed E-state index contributed by atoms with van der Waals surface area (Å²) in [5.74, 6) is -0.456. The molecule has 1 aromatic heterocycles. The molecule has 1 aliphatic rings. The first kappa shape index (κ1) is 12.5. The van der Waals surface area contributed by atoms with Crippen LogP contribution in [-0.4, -0.2) is 50.7 Å². The first-order valence-electron chi connectivity index (χ1n) is 5.71. The van der Waals surface area contributed by atoms with Crippen LogP contribution >= 0.6 is 0 Å². The number of esters is 1. The lowest BCUT2D eigenvalue weighted by atomic mass is 10.2. The monoisotopic (exact) mass is 253 g/mol. The lowest BCUT2D eigenvalue weighted by molar-refractivity contribution is -0.151. The number of nitrogens with zero attached hydrogens (tertiary/aromatic N) is 4. The van der Waals surface area contributed by atoms with E-state index >= 15 is 0 Å². The maximum Gasteiger partial charge on any atom is 0.332 e. The first-order chi connectivity index (χ1) is 8.63. The van der Waals surface area contributed by atoms with Crippen molar-refractivity contribution in [3.05, 3.63) is 12.2 Å².